The van der Waals surface area contributed by atoms with Crippen LogP contribution in [0.25, 0.3) is 0 Å². The summed E-state index contributed by atoms with van der Waals surface area (Å²) in [5, 5.41) is 3.07. The Bertz CT molecular complexity index is 599. The van der Waals surface area contributed by atoms with Gasteiger partial charge in [0.1, 0.15) is 0 Å². The molecule has 2 rings (SSSR count). The molecule has 2 aromatic rings. The monoisotopic (exact) mass is 292 g/mol. The molecule has 98 valence electrons. The van der Waals surface area contributed by atoms with Crippen LogP contribution < -0.4 is 11.1 Å². The van der Waals surface area contributed by atoms with Crippen molar-refractivity contribution in [2.75, 3.05) is 17.3 Å². The number of rotatable bonds is 3. The first-order valence-electron chi connectivity index (χ1n) is 5.61. The smallest absolute Gasteiger partial charge is 0.257 e. The zero-order chi connectivity index (χ0) is 13.8. The number of nitrogens with one attached hydrogen (secondary N) is 1. The average molecular weight is 293 g/mol. The molecule has 0 atom stereocenters. The van der Waals surface area contributed by atoms with Crippen LogP contribution in [0.1, 0.15) is 10.4 Å². The van der Waals surface area contributed by atoms with Crippen LogP contribution in [0.3, 0.4) is 0 Å². The van der Waals surface area contributed by atoms with Gasteiger partial charge in [0.05, 0.1) is 16.3 Å². The Balaban J connectivity index is 2.18. The van der Waals surface area contributed by atoms with Gasteiger partial charge in [-0.1, -0.05) is 17.7 Å². The van der Waals surface area contributed by atoms with Gasteiger partial charge in [-0.25, -0.2) is 0 Å². The van der Waals surface area contributed by atoms with E-state index in [0.717, 1.165) is 10.6 Å². The highest BCUT2D eigenvalue weighted by Crippen LogP contribution is 2.24. The Morgan fingerprint density at radius 2 is 1.89 bits per heavy atom. The number of halogens is 1. The fourth-order valence-corrected chi connectivity index (χ4v) is 2.22. The summed E-state index contributed by atoms with van der Waals surface area (Å²) in [4.78, 5) is 13.2. The number of carbonyl (C=O) groups is 1. The van der Waals surface area contributed by atoms with Crippen LogP contribution in [0.4, 0.5) is 11.4 Å². The van der Waals surface area contributed by atoms with E-state index in [4.69, 9.17) is 17.3 Å². The number of benzene rings is 2. The van der Waals surface area contributed by atoms with E-state index in [1.807, 2.05) is 30.5 Å². The van der Waals surface area contributed by atoms with Crippen LogP contribution >= 0.6 is 23.4 Å². The van der Waals surface area contributed by atoms with Crippen molar-refractivity contribution in [3.05, 3.63) is 53.1 Å². The highest BCUT2D eigenvalue weighted by Gasteiger charge is 2.12. The second-order valence-electron chi connectivity index (χ2n) is 3.89. The van der Waals surface area contributed by atoms with Crippen molar-refractivity contribution >= 4 is 40.6 Å². The summed E-state index contributed by atoms with van der Waals surface area (Å²) in [6.07, 6.45) is 2.00. The number of nitrogen functional groups attached to an aromatic ring is 1. The van der Waals surface area contributed by atoms with Gasteiger partial charge >= 0.3 is 0 Å². The summed E-state index contributed by atoms with van der Waals surface area (Å²) in [6, 6.07) is 12.6. The second-order valence-corrected chi connectivity index (χ2v) is 5.15. The lowest BCUT2D eigenvalue weighted by atomic mass is 10.2. The summed E-state index contributed by atoms with van der Waals surface area (Å²) in [7, 11) is 0. The molecule has 0 saturated carbocycles. The third kappa shape index (κ3) is 3.22. The van der Waals surface area contributed by atoms with E-state index in [2.05, 4.69) is 5.32 Å². The Morgan fingerprint density at radius 1 is 1.21 bits per heavy atom. The highest BCUT2D eigenvalue weighted by atomic mass is 35.5. The molecule has 0 aliphatic carbocycles. The molecule has 0 saturated heterocycles. The first-order chi connectivity index (χ1) is 9.11. The Kier molecular flexibility index (Phi) is 4.35. The highest BCUT2D eigenvalue weighted by molar-refractivity contribution is 7.98. The lowest BCUT2D eigenvalue weighted by Gasteiger charge is -2.08. The molecule has 0 aliphatic rings. The third-order valence-corrected chi connectivity index (χ3v) is 3.79. The molecule has 0 heterocycles. The zero-order valence-electron chi connectivity index (χ0n) is 10.3. The van der Waals surface area contributed by atoms with E-state index >= 15 is 0 Å². The van der Waals surface area contributed by atoms with E-state index in [0.29, 0.717) is 11.3 Å². The van der Waals surface area contributed by atoms with Gasteiger partial charge in [-0.2, -0.15) is 0 Å². The third-order valence-electron chi connectivity index (χ3n) is 2.62. The van der Waals surface area contributed by atoms with Crippen molar-refractivity contribution in [1.29, 1.82) is 0 Å². The predicted molar refractivity (Wildman–Crippen MR) is 82.0 cm³/mol. The lowest BCUT2D eigenvalue weighted by molar-refractivity contribution is 0.102. The van der Waals surface area contributed by atoms with Crippen molar-refractivity contribution < 1.29 is 4.79 Å². The molecule has 0 unspecified atom stereocenters. The van der Waals surface area contributed by atoms with E-state index < -0.39 is 0 Å². The molecule has 0 spiro atoms. The number of anilines is 2. The lowest BCUT2D eigenvalue weighted by Crippen LogP contribution is -2.12. The largest absolute Gasteiger partial charge is 0.398 e. The summed E-state index contributed by atoms with van der Waals surface area (Å²) < 4.78 is 0. The van der Waals surface area contributed by atoms with E-state index in [1.54, 1.807) is 30.0 Å². The zero-order valence-corrected chi connectivity index (χ0v) is 11.9. The molecule has 0 radical (unpaired) electrons. The van der Waals surface area contributed by atoms with Gasteiger partial charge < -0.3 is 11.1 Å². The molecule has 3 nitrogen and oxygen atoms in total. The molecule has 1 amide bonds. The first-order valence-corrected chi connectivity index (χ1v) is 7.21. The van der Waals surface area contributed by atoms with Crippen LogP contribution in [0.2, 0.25) is 5.02 Å². The van der Waals surface area contributed by atoms with E-state index in [-0.39, 0.29) is 10.9 Å². The molecule has 0 fully saturated rings. The molecule has 3 N–H and O–H groups in total. The average Bonchev–Trinajstić information content (AvgIpc) is 2.42. The number of amides is 1. The molecular formula is C14H13ClN2OS. The molecule has 0 bridgehead atoms. The standard InChI is InChI=1S/C14H13ClN2OS/c1-19-10-7-5-9(6-8-10)17-14(18)11-3-2-4-12(16)13(11)15/h2-8H,16H2,1H3,(H,17,18). The van der Waals surface area contributed by atoms with Crippen LogP contribution in [0.5, 0.6) is 0 Å². The summed E-state index contributed by atoms with van der Waals surface area (Å²) in [5.74, 6) is -0.269. The predicted octanol–water partition coefficient (Wildman–Crippen LogP) is 3.90. The van der Waals surface area contributed by atoms with Gasteiger partial charge in [-0.05, 0) is 42.7 Å². The van der Waals surface area contributed by atoms with Crippen molar-refractivity contribution in [3.63, 3.8) is 0 Å². The number of carbonyl (C=O) groups excluding carboxylic acids is 1. The Morgan fingerprint density at radius 3 is 2.53 bits per heavy atom. The fraction of sp³-hybridized carbons (Fsp3) is 0.0714. The maximum atomic E-state index is 12.1. The van der Waals surface area contributed by atoms with Crippen molar-refractivity contribution in [2.24, 2.45) is 0 Å². The number of hydrogen-bond acceptors (Lipinski definition) is 3. The SMILES string of the molecule is CSc1ccc(NC(=O)c2cccc(N)c2Cl)cc1. The molecule has 0 aliphatic heterocycles. The fourth-order valence-electron chi connectivity index (χ4n) is 1.60. The van der Waals surface area contributed by atoms with Crippen molar-refractivity contribution in [2.45, 2.75) is 4.90 Å². The van der Waals surface area contributed by atoms with Crippen LogP contribution in [-0.2, 0) is 0 Å². The van der Waals surface area contributed by atoms with Gasteiger partial charge in [0.25, 0.3) is 5.91 Å². The molecule has 5 heteroatoms. The summed E-state index contributed by atoms with van der Waals surface area (Å²) in [6.45, 7) is 0. The van der Waals surface area contributed by atoms with Crippen LogP contribution in [0, 0.1) is 0 Å². The van der Waals surface area contributed by atoms with Gasteiger partial charge in [0.15, 0.2) is 0 Å². The van der Waals surface area contributed by atoms with Gasteiger partial charge in [-0.3, -0.25) is 4.79 Å². The van der Waals surface area contributed by atoms with Gasteiger partial charge in [-0.15, -0.1) is 11.8 Å². The second kappa shape index (κ2) is 5.99. The van der Waals surface area contributed by atoms with E-state index in [1.165, 1.54) is 0 Å². The quantitative estimate of drug-likeness (QED) is 0.666. The minimum Gasteiger partial charge on any atom is -0.398 e. The van der Waals surface area contributed by atoms with Crippen molar-refractivity contribution in [3.8, 4) is 0 Å². The summed E-state index contributed by atoms with van der Waals surface area (Å²) in [5.41, 5.74) is 7.16. The Labute approximate surface area is 121 Å². The molecule has 0 aromatic heterocycles. The topological polar surface area (TPSA) is 55.1 Å². The first kappa shape index (κ1) is 13.8. The van der Waals surface area contributed by atoms with Gasteiger partial charge in [0, 0.05) is 10.6 Å². The molecular weight excluding hydrogens is 280 g/mol. The maximum absolute atomic E-state index is 12.1. The normalized spacial score (nSPS) is 10.2. The number of nitrogens with two attached hydrogens (primary N) is 1. The maximum Gasteiger partial charge on any atom is 0.257 e. The minimum atomic E-state index is -0.269. The van der Waals surface area contributed by atoms with Crippen LogP contribution in [0.15, 0.2) is 47.4 Å². The number of hydrogen-bond donors (Lipinski definition) is 2. The molecule has 2 aromatic carbocycles. The van der Waals surface area contributed by atoms with Crippen molar-refractivity contribution in [1.82, 2.24) is 0 Å². The molecule has 19 heavy (non-hydrogen) atoms. The summed E-state index contributed by atoms with van der Waals surface area (Å²) >= 11 is 7.66. The van der Waals surface area contributed by atoms with Gasteiger partial charge in [0.2, 0.25) is 0 Å². The van der Waals surface area contributed by atoms with Crippen LogP contribution in [-0.4, -0.2) is 12.2 Å². The minimum absolute atomic E-state index is 0.269. The number of thioether (sulfide) groups is 1. The van der Waals surface area contributed by atoms with E-state index in [9.17, 15) is 4.79 Å². The Hall–Kier alpha value is -1.65.